The lowest BCUT2D eigenvalue weighted by molar-refractivity contribution is -0.150. The standard InChI is InChI=1S/C28H36N2O6S/c1-28(2,3)15-14-21(31)23(32)24(33)25(36-4)26(34)29-19-17-37-22-13-9-8-12-20(22)30(27(19)35)16-18-10-6-5-7-11-18/h5-15,19,21,23-25,31-33H,16-17H2,1-4H3,(H,29,34)/b15-14+/t19?,21-,23+,24-,25-/m1/s1. The van der Waals surface area contributed by atoms with Gasteiger partial charge in [0.05, 0.1) is 12.2 Å². The van der Waals surface area contributed by atoms with E-state index in [1.807, 2.05) is 75.4 Å². The van der Waals surface area contributed by atoms with Crippen LogP contribution in [0.15, 0.2) is 71.6 Å². The summed E-state index contributed by atoms with van der Waals surface area (Å²) in [5.41, 5.74) is 1.45. The fourth-order valence-corrected chi connectivity index (χ4v) is 5.00. The fraction of sp³-hybridized carbons (Fsp3) is 0.429. The number of rotatable bonds is 9. The van der Waals surface area contributed by atoms with E-state index in [1.165, 1.54) is 24.9 Å². The summed E-state index contributed by atoms with van der Waals surface area (Å²) in [4.78, 5) is 29.3. The Morgan fingerprint density at radius 3 is 2.41 bits per heavy atom. The van der Waals surface area contributed by atoms with Gasteiger partial charge in [0.1, 0.15) is 24.4 Å². The van der Waals surface area contributed by atoms with Gasteiger partial charge in [-0.25, -0.2) is 0 Å². The number of hydrogen-bond donors (Lipinski definition) is 4. The van der Waals surface area contributed by atoms with Crippen LogP contribution >= 0.6 is 11.8 Å². The Kier molecular flexibility index (Phi) is 9.92. The number of hydrogen-bond acceptors (Lipinski definition) is 7. The molecule has 0 saturated carbocycles. The van der Waals surface area contributed by atoms with Gasteiger partial charge in [-0.1, -0.05) is 75.4 Å². The number of aliphatic hydroxyl groups excluding tert-OH is 3. The summed E-state index contributed by atoms with van der Waals surface area (Å²) in [5.74, 6) is -0.780. The van der Waals surface area contributed by atoms with Crippen molar-refractivity contribution in [1.29, 1.82) is 0 Å². The van der Waals surface area contributed by atoms with E-state index in [-0.39, 0.29) is 17.1 Å². The SMILES string of the molecule is CO[C@@H](C(=O)NC1CSc2ccccc2N(Cc2ccccc2)C1=O)[C@H](O)[C@@H](O)[C@H](O)/C=C/C(C)(C)C. The monoisotopic (exact) mass is 528 g/mol. The van der Waals surface area contributed by atoms with Crippen LogP contribution in [-0.2, 0) is 20.9 Å². The maximum absolute atomic E-state index is 13.6. The van der Waals surface area contributed by atoms with Gasteiger partial charge in [0, 0.05) is 17.8 Å². The van der Waals surface area contributed by atoms with E-state index in [4.69, 9.17) is 4.74 Å². The molecule has 2 aromatic carbocycles. The van der Waals surface area contributed by atoms with Crippen molar-refractivity contribution in [2.75, 3.05) is 17.8 Å². The number of carbonyl (C=O) groups excluding carboxylic acids is 2. The molecular formula is C28H36N2O6S. The molecule has 3 rings (SSSR count). The Bertz CT molecular complexity index is 1090. The number of nitrogens with zero attached hydrogens (tertiary/aromatic N) is 1. The van der Waals surface area contributed by atoms with Crippen LogP contribution in [-0.4, -0.2) is 70.5 Å². The zero-order valence-electron chi connectivity index (χ0n) is 21.6. The third kappa shape index (κ3) is 7.66. The number of anilines is 1. The summed E-state index contributed by atoms with van der Waals surface area (Å²) in [5, 5.41) is 34.1. The molecule has 1 unspecified atom stereocenters. The van der Waals surface area contributed by atoms with Gasteiger partial charge in [0.15, 0.2) is 6.10 Å². The fourth-order valence-electron chi connectivity index (χ4n) is 3.92. The van der Waals surface area contributed by atoms with E-state index in [1.54, 1.807) is 11.0 Å². The van der Waals surface area contributed by atoms with Crippen LogP contribution in [0, 0.1) is 5.41 Å². The molecule has 1 heterocycles. The molecule has 0 saturated heterocycles. The minimum Gasteiger partial charge on any atom is -0.387 e. The molecule has 5 atom stereocenters. The van der Waals surface area contributed by atoms with E-state index in [9.17, 15) is 24.9 Å². The predicted octanol–water partition coefficient (Wildman–Crippen LogP) is 2.51. The molecule has 9 heteroatoms. The van der Waals surface area contributed by atoms with Gasteiger partial charge in [-0.15, -0.1) is 11.8 Å². The predicted molar refractivity (Wildman–Crippen MR) is 144 cm³/mol. The molecule has 1 aliphatic heterocycles. The summed E-state index contributed by atoms with van der Waals surface area (Å²) in [7, 11) is 1.22. The summed E-state index contributed by atoms with van der Waals surface area (Å²) in [6.45, 7) is 6.09. The first kappa shape index (κ1) is 28.9. The van der Waals surface area contributed by atoms with Gasteiger partial charge in [0.25, 0.3) is 11.8 Å². The van der Waals surface area contributed by atoms with Gasteiger partial charge in [-0.05, 0) is 23.1 Å². The molecule has 2 aromatic rings. The van der Waals surface area contributed by atoms with Crippen LogP contribution in [0.25, 0.3) is 0 Å². The zero-order chi connectivity index (χ0) is 27.2. The molecular weight excluding hydrogens is 492 g/mol. The van der Waals surface area contributed by atoms with Crippen molar-refractivity contribution in [3.8, 4) is 0 Å². The van der Waals surface area contributed by atoms with Crippen LogP contribution in [0.4, 0.5) is 5.69 Å². The molecule has 0 bridgehead atoms. The van der Waals surface area contributed by atoms with Crippen LogP contribution in [0.1, 0.15) is 26.3 Å². The van der Waals surface area contributed by atoms with E-state index in [0.29, 0.717) is 6.54 Å². The van der Waals surface area contributed by atoms with E-state index in [2.05, 4.69) is 5.32 Å². The van der Waals surface area contributed by atoms with Gasteiger partial charge < -0.3 is 30.3 Å². The van der Waals surface area contributed by atoms with Gasteiger partial charge in [-0.2, -0.15) is 0 Å². The van der Waals surface area contributed by atoms with E-state index >= 15 is 0 Å². The maximum atomic E-state index is 13.6. The minimum absolute atomic E-state index is 0.246. The molecule has 0 spiro atoms. The van der Waals surface area contributed by atoms with Gasteiger partial charge in [-0.3, -0.25) is 9.59 Å². The molecule has 0 aliphatic carbocycles. The summed E-state index contributed by atoms with van der Waals surface area (Å²) in [6.07, 6.45) is -3.23. The van der Waals surface area contributed by atoms with Crippen molar-refractivity contribution < 1.29 is 29.6 Å². The topological polar surface area (TPSA) is 119 Å². The Labute approximate surface area is 222 Å². The number of allylic oxidation sites excluding steroid dienone is 1. The second kappa shape index (κ2) is 12.7. The second-order valence-electron chi connectivity index (χ2n) is 10.1. The molecule has 37 heavy (non-hydrogen) atoms. The number of thioether (sulfide) groups is 1. The zero-order valence-corrected chi connectivity index (χ0v) is 22.4. The van der Waals surface area contributed by atoms with Crippen molar-refractivity contribution in [1.82, 2.24) is 5.32 Å². The average Bonchev–Trinajstić information content (AvgIpc) is 2.99. The average molecular weight is 529 g/mol. The Morgan fingerprint density at radius 1 is 1.11 bits per heavy atom. The Hall–Kier alpha value is -2.69. The number of benzene rings is 2. The minimum atomic E-state index is -1.73. The lowest BCUT2D eigenvalue weighted by atomic mass is 9.94. The molecule has 1 aliphatic rings. The highest BCUT2D eigenvalue weighted by Crippen LogP contribution is 2.35. The molecule has 4 N–H and O–H groups in total. The largest absolute Gasteiger partial charge is 0.387 e. The number of fused-ring (bicyclic) bond motifs is 1. The highest BCUT2D eigenvalue weighted by molar-refractivity contribution is 7.99. The quantitative estimate of drug-likeness (QED) is 0.369. The number of para-hydroxylation sites is 1. The number of aliphatic hydroxyl groups is 3. The van der Waals surface area contributed by atoms with Crippen molar-refractivity contribution in [3.63, 3.8) is 0 Å². The number of ether oxygens (including phenoxy) is 1. The summed E-state index contributed by atoms with van der Waals surface area (Å²) < 4.78 is 5.19. The number of nitrogens with one attached hydrogen (secondary N) is 1. The first-order valence-electron chi connectivity index (χ1n) is 12.2. The van der Waals surface area contributed by atoms with Crippen molar-refractivity contribution >= 4 is 29.3 Å². The van der Waals surface area contributed by atoms with Crippen LogP contribution in [0.5, 0.6) is 0 Å². The van der Waals surface area contributed by atoms with E-state index < -0.39 is 36.4 Å². The van der Waals surface area contributed by atoms with Crippen molar-refractivity contribution in [3.05, 3.63) is 72.3 Å². The molecule has 0 radical (unpaired) electrons. The first-order chi connectivity index (χ1) is 17.5. The number of amides is 2. The van der Waals surface area contributed by atoms with Crippen LogP contribution in [0.3, 0.4) is 0 Å². The van der Waals surface area contributed by atoms with Crippen molar-refractivity contribution in [2.24, 2.45) is 5.41 Å². The van der Waals surface area contributed by atoms with Crippen LogP contribution in [0.2, 0.25) is 0 Å². The van der Waals surface area contributed by atoms with Crippen molar-refractivity contribution in [2.45, 2.75) is 62.7 Å². The lowest BCUT2D eigenvalue weighted by Gasteiger charge is -2.29. The molecule has 0 aromatic heterocycles. The highest BCUT2D eigenvalue weighted by atomic mass is 32.2. The third-order valence-electron chi connectivity index (χ3n) is 5.94. The molecule has 200 valence electrons. The lowest BCUT2D eigenvalue weighted by Crippen LogP contribution is -2.56. The summed E-state index contributed by atoms with van der Waals surface area (Å²) in [6, 6.07) is 16.2. The van der Waals surface area contributed by atoms with Gasteiger partial charge in [0.2, 0.25) is 0 Å². The smallest absolute Gasteiger partial charge is 0.252 e. The Balaban J connectivity index is 1.77. The highest BCUT2D eigenvalue weighted by Gasteiger charge is 2.38. The summed E-state index contributed by atoms with van der Waals surface area (Å²) >= 11 is 1.45. The maximum Gasteiger partial charge on any atom is 0.252 e. The normalized spacial score (nSPS) is 19.6. The molecule has 8 nitrogen and oxygen atoms in total. The molecule has 2 amide bonds. The number of methoxy groups -OCH3 is 1. The third-order valence-corrected chi connectivity index (χ3v) is 7.10. The number of carbonyl (C=O) groups is 2. The second-order valence-corrected chi connectivity index (χ2v) is 11.2. The van der Waals surface area contributed by atoms with E-state index in [0.717, 1.165) is 16.1 Å². The molecule has 0 fully saturated rings. The van der Waals surface area contributed by atoms with Gasteiger partial charge >= 0.3 is 0 Å². The van der Waals surface area contributed by atoms with Crippen LogP contribution < -0.4 is 10.2 Å². The first-order valence-corrected chi connectivity index (χ1v) is 13.1. The Morgan fingerprint density at radius 2 is 1.76 bits per heavy atom.